The first-order valence-electron chi connectivity index (χ1n) is 8.53. The third-order valence-electron chi connectivity index (χ3n) is 4.88. The van der Waals surface area contributed by atoms with Crippen LogP contribution < -0.4 is 0 Å². The first-order chi connectivity index (χ1) is 12.5. The summed E-state index contributed by atoms with van der Waals surface area (Å²) in [7, 11) is 0.896. The number of nitrogens with zero attached hydrogens (tertiary/aromatic N) is 2. The van der Waals surface area contributed by atoms with Crippen LogP contribution >= 0.6 is 0 Å². The van der Waals surface area contributed by atoms with Crippen LogP contribution in [0.2, 0.25) is 0 Å². The van der Waals surface area contributed by atoms with Crippen molar-refractivity contribution in [3.63, 3.8) is 0 Å². The molecule has 0 bridgehead atoms. The van der Waals surface area contributed by atoms with E-state index in [1.54, 1.807) is 39.1 Å². The maximum atomic E-state index is 13.1. The highest BCUT2D eigenvalue weighted by Gasteiger charge is 2.25. The lowest BCUT2D eigenvalue weighted by Gasteiger charge is -2.26. The summed E-state index contributed by atoms with van der Waals surface area (Å²) in [4.78, 5) is 14.6. The van der Waals surface area contributed by atoms with E-state index in [4.69, 9.17) is 0 Å². The van der Waals surface area contributed by atoms with Crippen LogP contribution in [-0.4, -0.2) is 44.7 Å². The number of rotatable bonds is 5. The fraction of sp³-hybridized carbons (Fsp3) is 0.350. The average Bonchev–Trinajstić information content (AvgIpc) is 2.62. The molecule has 7 heteroatoms. The van der Waals surface area contributed by atoms with E-state index in [0.29, 0.717) is 11.1 Å². The molecule has 146 valence electrons. The van der Waals surface area contributed by atoms with E-state index >= 15 is 0 Å². The summed E-state index contributed by atoms with van der Waals surface area (Å²) in [5.74, 6) is -0.641. The quantitative estimate of drug-likeness (QED) is 0.782. The van der Waals surface area contributed by atoms with Gasteiger partial charge in [0.05, 0.1) is 10.9 Å². The van der Waals surface area contributed by atoms with Gasteiger partial charge >= 0.3 is 0 Å². The van der Waals surface area contributed by atoms with Gasteiger partial charge in [0.2, 0.25) is 10.0 Å². The molecule has 0 saturated carbocycles. The van der Waals surface area contributed by atoms with E-state index in [1.807, 2.05) is 6.92 Å². The summed E-state index contributed by atoms with van der Waals surface area (Å²) in [5.41, 5.74) is 2.44. The van der Waals surface area contributed by atoms with E-state index in [1.165, 1.54) is 37.2 Å². The van der Waals surface area contributed by atoms with Gasteiger partial charge in [-0.3, -0.25) is 4.79 Å². The lowest BCUT2D eigenvalue weighted by Crippen LogP contribution is -2.30. The number of amides is 1. The summed E-state index contributed by atoms with van der Waals surface area (Å²) in [6.07, 6.45) is 0. The minimum atomic E-state index is -3.67. The van der Waals surface area contributed by atoms with Gasteiger partial charge < -0.3 is 4.90 Å². The van der Waals surface area contributed by atoms with Gasteiger partial charge in [-0.05, 0) is 61.7 Å². The smallest absolute Gasteiger partial charge is 0.254 e. The van der Waals surface area contributed by atoms with Crippen LogP contribution in [0, 0.1) is 19.7 Å². The van der Waals surface area contributed by atoms with Crippen LogP contribution in [0.15, 0.2) is 41.3 Å². The molecule has 5 nitrogen and oxygen atoms in total. The summed E-state index contributed by atoms with van der Waals surface area (Å²) in [6, 6.07) is 8.78. The number of halogens is 1. The molecule has 0 radical (unpaired) electrons. The molecular weight excluding hydrogens is 367 g/mol. The van der Waals surface area contributed by atoms with Crippen molar-refractivity contribution in [2.75, 3.05) is 21.1 Å². The molecule has 0 fully saturated rings. The molecule has 0 heterocycles. The number of benzene rings is 2. The summed E-state index contributed by atoms with van der Waals surface area (Å²) >= 11 is 0. The maximum Gasteiger partial charge on any atom is 0.254 e. The molecule has 2 aromatic rings. The van der Waals surface area contributed by atoms with Gasteiger partial charge in [-0.2, -0.15) is 0 Å². The van der Waals surface area contributed by atoms with Gasteiger partial charge in [-0.1, -0.05) is 12.1 Å². The van der Waals surface area contributed by atoms with Crippen molar-refractivity contribution in [1.29, 1.82) is 0 Å². The number of carbonyl (C=O) groups excluding carboxylic acids is 1. The van der Waals surface area contributed by atoms with Gasteiger partial charge in [-0.15, -0.1) is 0 Å². The van der Waals surface area contributed by atoms with Crippen molar-refractivity contribution in [1.82, 2.24) is 9.21 Å². The normalized spacial score (nSPS) is 12.9. The molecule has 0 N–H and O–H groups in total. The molecule has 1 amide bonds. The number of hydrogen-bond donors (Lipinski definition) is 0. The second-order valence-corrected chi connectivity index (χ2v) is 8.97. The molecule has 1 atom stereocenters. The fourth-order valence-electron chi connectivity index (χ4n) is 2.76. The van der Waals surface area contributed by atoms with Crippen LogP contribution in [0.5, 0.6) is 0 Å². The van der Waals surface area contributed by atoms with Crippen LogP contribution in [0.25, 0.3) is 0 Å². The van der Waals surface area contributed by atoms with E-state index in [0.717, 1.165) is 15.4 Å². The molecular formula is C20H25FN2O3S. The lowest BCUT2D eigenvalue weighted by atomic mass is 10.0. The Morgan fingerprint density at radius 3 is 2.11 bits per heavy atom. The number of hydrogen-bond acceptors (Lipinski definition) is 3. The fourth-order valence-corrected chi connectivity index (χ4v) is 3.98. The summed E-state index contributed by atoms with van der Waals surface area (Å²) in [5, 5.41) is 0. The Labute approximate surface area is 160 Å². The van der Waals surface area contributed by atoms with E-state index < -0.39 is 10.0 Å². The predicted octanol–water partition coefficient (Wildman–Crippen LogP) is 3.53. The van der Waals surface area contributed by atoms with Crippen LogP contribution in [0.1, 0.15) is 40.0 Å². The zero-order valence-electron chi connectivity index (χ0n) is 16.4. The highest BCUT2D eigenvalue weighted by atomic mass is 32.2. The minimum Gasteiger partial charge on any atom is -0.335 e. The molecule has 0 saturated heterocycles. The molecule has 2 aromatic carbocycles. The lowest BCUT2D eigenvalue weighted by molar-refractivity contribution is 0.0742. The summed E-state index contributed by atoms with van der Waals surface area (Å²) < 4.78 is 39.5. The van der Waals surface area contributed by atoms with Gasteiger partial charge in [0.15, 0.2) is 0 Å². The third kappa shape index (κ3) is 4.20. The number of aryl methyl sites for hydroxylation is 1. The standard InChI is InChI=1S/C20H25FN2O3S/c1-13-11-17(12-19(14(13)2)27(25,26)22(4)5)20(24)23(6)15(3)16-7-9-18(21)10-8-16/h7-12,15H,1-6H3. The van der Waals surface area contributed by atoms with Crippen LogP contribution in [0.4, 0.5) is 4.39 Å². The molecule has 0 aliphatic heterocycles. The monoisotopic (exact) mass is 392 g/mol. The highest BCUT2D eigenvalue weighted by Crippen LogP contribution is 2.26. The highest BCUT2D eigenvalue weighted by molar-refractivity contribution is 7.89. The Morgan fingerprint density at radius 1 is 1.04 bits per heavy atom. The van der Waals surface area contributed by atoms with E-state index in [9.17, 15) is 17.6 Å². The van der Waals surface area contributed by atoms with Crippen molar-refractivity contribution in [2.24, 2.45) is 0 Å². The number of carbonyl (C=O) groups is 1. The summed E-state index contributed by atoms with van der Waals surface area (Å²) in [6.45, 7) is 5.35. The minimum absolute atomic E-state index is 0.124. The topological polar surface area (TPSA) is 57.7 Å². The van der Waals surface area contributed by atoms with Crippen LogP contribution in [0.3, 0.4) is 0 Å². The first-order valence-corrected chi connectivity index (χ1v) is 9.97. The SMILES string of the molecule is Cc1cc(C(=O)N(C)C(C)c2ccc(F)cc2)cc(S(=O)(=O)N(C)C)c1C. The molecule has 27 heavy (non-hydrogen) atoms. The largest absolute Gasteiger partial charge is 0.335 e. The second-order valence-electron chi connectivity index (χ2n) is 6.85. The Morgan fingerprint density at radius 2 is 1.59 bits per heavy atom. The molecule has 2 rings (SSSR count). The Kier molecular flexibility index (Phi) is 6.07. The van der Waals surface area contributed by atoms with Crippen molar-refractivity contribution >= 4 is 15.9 Å². The molecule has 1 unspecified atom stereocenters. The Balaban J connectivity index is 2.44. The van der Waals surface area contributed by atoms with Crippen LogP contribution in [-0.2, 0) is 10.0 Å². The van der Waals surface area contributed by atoms with Gasteiger partial charge in [0.1, 0.15) is 5.82 Å². The van der Waals surface area contributed by atoms with E-state index in [-0.39, 0.29) is 22.7 Å². The molecule has 0 aliphatic carbocycles. The zero-order chi connectivity index (χ0) is 20.5. The van der Waals surface area contributed by atoms with Crippen molar-refractivity contribution in [2.45, 2.75) is 31.7 Å². The average molecular weight is 392 g/mol. The Bertz CT molecular complexity index is 954. The zero-order valence-corrected chi connectivity index (χ0v) is 17.3. The molecule has 0 aromatic heterocycles. The van der Waals surface area contributed by atoms with Crippen molar-refractivity contribution < 1.29 is 17.6 Å². The first kappa shape index (κ1) is 21.1. The number of sulfonamides is 1. The third-order valence-corrected chi connectivity index (χ3v) is 6.82. The molecule has 0 spiro atoms. The predicted molar refractivity (Wildman–Crippen MR) is 104 cm³/mol. The molecule has 0 aliphatic rings. The van der Waals surface area contributed by atoms with E-state index in [2.05, 4.69) is 0 Å². The van der Waals surface area contributed by atoms with Gasteiger partial charge in [0.25, 0.3) is 5.91 Å². The van der Waals surface area contributed by atoms with Gasteiger partial charge in [0, 0.05) is 26.7 Å². The Hall–Kier alpha value is -2.25. The second kappa shape index (κ2) is 7.78. The maximum absolute atomic E-state index is 13.1. The van der Waals surface area contributed by atoms with Gasteiger partial charge in [-0.25, -0.2) is 17.1 Å². The van der Waals surface area contributed by atoms with Crippen molar-refractivity contribution in [3.8, 4) is 0 Å². The van der Waals surface area contributed by atoms with Crippen molar-refractivity contribution in [3.05, 3.63) is 64.5 Å².